The van der Waals surface area contributed by atoms with Gasteiger partial charge < -0.3 is 24.6 Å². The van der Waals surface area contributed by atoms with Crippen molar-refractivity contribution in [3.8, 4) is 17.2 Å². The number of methoxy groups -OCH3 is 3. The molecule has 0 amide bonds. The molecule has 3 rings (SSSR count). The van der Waals surface area contributed by atoms with Crippen LogP contribution in [0.2, 0.25) is 0 Å². The minimum Gasteiger partial charge on any atom is -0.493 e. The van der Waals surface area contributed by atoms with E-state index in [-0.39, 0.29) is 0 Å². The Morgan fingerprint density at radius 2 is 1.65 bits per heavy atom. The van der Waals surface area contributed by atoms with Gasteiger partial charge >= 0.3 is 0 Å². The van der Waals surface area contributed by atoms with Gasteiger partial charge in [-0.05, 0) is 37.3 Å². The Kier molecular flexibility index (Phi) is 5.02. The molecule has 0 fully saturated rings. The standard InChI is InChI=1S/C20H23N3O3/c1-5-23-9-8-13-10-14(6-7-16(13)23)19(22-21)15-11-17(24-2)20(26-4)18(12-15)25-3/h6-12H,5,21H2,1-4H3/b22-19+. The van der Waals surface area contributed by atoms with E-state index in [0.717, 1.165) is 23.1 Å². The molecule has 3 aromatic rings. The summed E-state index contributed by atoms with van der Waals surface area (Å²) in [4.78, 5) is 0. The molecule has 2 N–H and O–H groups in total. The minimum absolute atomic E-state index is 0.533. The largest absolute Gasteiger partial charge is 0.493 e. The van der Waals surface area contributed by atoms with Crippen molar-refractivity contribution >= 4 is 16.6 Å². The van der Waals surface area contributed by atoms with E-state index in [1.807, 2.05) is 18.2 Å². The second kappa shape index (κ2) is 7.39. The number of fused-ring (bicyclic) bond motifs is 1. The normalized spacial score (nSPS) is 11.6. The molecular weight excluding hydrogens is 330 g/mol. The average Bonchev–Trinajstić information content (AvgIpc) is 3.10. The van der Waals surface area contributed by atoms with Gasteiger partial charge in [-0.25, -0.2) is 0 Å². The number of rotatable bonds is 6. The third kappa shape index (κ3) is 2.94. The van der Waals surface area contributed by atoms with E-state index in [4.69, 9.17) is 20.1 Å². The second-order valence-corrected chi connectivity index (χ2v) is 5.77. The number of hydrogen-bond donors (Lipinski definition) is 1. The molecule has 6 nitrogen and oxygen atoms in total. The predicted molar refractivity (Wildman–Crippen MR) is 104 cm³/mol. The van der Waals surface area contributed by atoms with E-state index in [2.05, 4.69) is 41.0 Å². The van der Waals surface area contributed by atoms with E-state index >= 15 is 0 Å². The van der Waals surface area contributed by atoms with E-state index in [1.165, 1.54) is 5.52 Å². The zero-order valence-electron chi connectivity index (χ0n) is 15.4. The third-order valence-corrected chi connectivity index (χ3v) is 4.45. The Morgan fingerprint density at radius 3 is 2.19 bits per heavy atom. The highest BCUT2D eigenvalue weighted by molar-refractivity contribution is 6.14. The van der Waals surface area contributed by atoms with Gasteiger partial charge in [-0.1, -0.05) is 6.07 Å². The Hall–Kier alpha value is -3.15. The molecule has 0 atom stereocenters. The van der Waals surface area contributed by atoms with Crippen LogP contribution in [-0.2, 0) is 6.54 Å². The molecule has 26 heavy (non-hydrogen) atoms. The zero-order chi connectivity index (χ0) is 18.7. The number of nitrogens with zero attached hydrogens (tertiary/aromatic N) is 2. The number of ether oxygens (including phenoxy) is 3. The zero-order valence-corrected chi connectivity index (χ0v) is 15.4. The molecule has 0 saturated heterocycles. The van der Waals surface area contributed by atoms with Crippen molar-refractivity contribution in [3.05, 3.63) is 53.7 Å². The van der Waals surface area contributed by atoms with Gasteiger partial charge in [0, 0.05) is 34.8 Å². The van der Waals surface area contributed by atoms with Crippen LogP contribution in [0.15, 0.2) is 47.7 Å². The molecule has 0 aliphatic heterocycles. The molecular formula is C20H23N3O3. The predicted octanol–water partition coefficient (Wildman–Crippen LogP) is 3.40. The van der Waals surface area contributed by atoms with Gasteiger partial charge in [-0.15, -0.1) is 0 Å². The quantitative estimate of drug-likeness (QED) is 0.419. The number of aryl methyl sites for hydroxylation is 1. The first-order chi connectivity index (χ1) is 12.7. The average molecular weight is 353 g/mol. The Labute approximate surface area is 152 Å². The van der Waals surface area contributed by atoms with Crippen LogP contribution in [0.5, 0.6) is 17.2 Å². The molecule has 0 saturated carbocycles. The maximum absolute atomic E-state index is 5.74. The van der Waals surface area contributed by atoms with Gasteiger partial charge in [-0.2, -0.15) is 5.10 Å². The summed E-state index contributed by atoms with van der Waals surface area (Å²) in [6.45, 7) is 3.05. The van der Waals surface area contributed by atoms with Crippen LogP contribution >= 0.6 is 0 Å². The molecule has 1 heterocycles. The number of aromatic nitrogens is 1. The summed E-state index contributed by atoms with van der Waals surface area (Å²) in [6.07, 6.45) is 2.08. The molecule has 0 spiro atoms. The Morgan fingerprint density at radius 1 is 0.962 bits per heavy atom. The number of nitrogens with two attached hydrogens (primary N) is 1. The van der Waals surface area contributed by atoms with Gasteiger partial charge in [0.2, 0.25) is 5.75 Å². The monoisotopic (exact) mass is 353 g/mol. The van der Waals surface area contributed by atoms with E-state index in [1.54, 1.807) is 21.3 Å². The first-order valence-corrected chi connectivity index (χ1v) is 8.34. The Balaban J connectivity index is 2.12. The summed E-state index contributed by atoms with van der Waals surface area (Å²) in [5.74, 6) is 7.38. The molecule has 0 radical (unpaired) electrons. The summed E-state index contributed by atoms with van der Waals surface area (Å²) in [6, 6.07) is 12.0. The summed E-state index contributed by atoms with van der Waals surface area (Å²) < 4.78 is 18.4. The fourth-order valence-corrected chi connectivity index (χ4v) is 3.16. The summed E-state index contributed by atoms with van der Waals surface area (Å²) in [7, 11) is 4.74. The van der Waals surface area contributed by atoms with Crippen LogP contribution in [0.4, 0.5) is 0 Å². The summed E-state index contributed by atoms with van der Waals surface area (Å²) >= 11 is 0. The van der Waals surface area contributed by atoms with Gasteiger partial charge in [0.25, 0.3) is 0 Å². The lowest BCUT2D eigenvalue weighted by Gasteiger charge is -2.15. The summed E-state index contributed by atoms with van der Waals surface area (Å²) in [5.41, 5.74) is 3.53. The van der Waals surface area contributed by atoms with Crippen molar-refractivity contribution in [2.75, 3.05) is 21.3 Å². The van der Waals surface area contributed by atoms with Crippen LogP contribution in [0.3, 0.4) is 0 Å². The second-order valence-electron chi connectivity index (χ2n) is 5.77. The molecule has 1 aromatic heterocycles. The fourth-order valence-electron chi connectivity index (χ4n) is 3.16. The molecule has 6 heteroatoms. The smallest absolute Gasteiger partial charge is 0.203 e. The topological polar surface area (TPSA) is 71.0 Å². The molecule has 0 unspecified atom stereocenters. The number of hydrazone groups is 1. The van der Waals surface area contributed by atoms with Gasteiger partial charge in [0.1, 0.15) is 0 Å². The first-order valence-electron chi connectivity index (χ1n) is 8.34. The van der Waals surface area contributed by atoms with Crippen LogP contribution in [0, 0.1) is 0 Å². The van der Waals surface area contributed by atoms with Crippen LogP contribution in [-0.4, -0.2) is 31.6 Å². The lowest BCUT2D eigenvalue weighted by molar-refractivity contribution is 0.324. The number of hydrogen-bond acceptors (Lipinski definition) is 5. The van der Waals surface area contributed by atoms with E-state index in [9.17, 15) is 0 Å². The van der Waals surface area contributed by atoms with Crippen LogP contribution in [0.25, 0.3) is 10.9 Å². The fraction of sp³-hybridized carbons (Fsp3) is 0.250. The lowest BCUT2D eigenvalue weighted by atomic mass is 10.00. The van der Waals surface area contributed by atoms with Crippen LogP contribution < -0.4 is 20.1 Å². The maximum Gasteiger partial charge on any atom is 0.203 e. The first kappa shape index (κ1) is 17.7. The van der Waals surface area contributed by atoms with E-state index in [0.29, 0.717) is 23.0 Å². The Bertz CT molecular complexity index is 935. The SMILES string of the molecule is CCn1ccc2cc(/C(=N\N)c3cc(OC)c(OC)c(OC)c3)ccc21. The lowest BCUT2D eigenvalue weighted by Crippen LogP contribution is -2.08. The third-order valence-electron chi connectivity index (χ3n) is 4.45. The highest BCUT2D eigenvalue weighted by atomic mass is 16.5. The van der Waals surface area contributed by atoms with E-state index < -0.39 is 0 Å². The highest BCUT2D eigenvalue weighted by Gasteiger charge is 2.17. The van der Waals surface area contributed by atoms with Gasteiger partial charge in [-0.3, -0.25) is 0 Å². The highest BCUT2D eigenvalue weighted by Crippen LogP contribution is 2.38. The molecule has 0 aliphatic rings. The van der Waals surface area contributed by atoms with Gasteiger partial charge in [0.05, 0.1) is 27.0 Å². The van der Waals surface area contributed by atoms with Crippen molar-refractivity contribution in [1.82, 2.24) is 4.57 Å². The summed E-state index contributed by atoms with van der Waals surface area (Å²) in [5, 5.41) is 5.16. The van der Waals surface area contributed by atoms with Crippen molar-refractivity contribution in [3.63, 3.8) is 0 Å². The maximum atomic E-state index is 5.74. The minimum atomic E-state index is 0.533. The molecule has 0 aliphatic carbocycles. The number of benzene rings is 2. The van der Waals surface area contributed by atoms with Crippen molar-refractivity contribution in [2.24, 2.45) is 10.9 Å². The van der Waals surface area contributed by atoms with Crippen molar-refractivity contribution in [2.45, 2.75) is 13.5 Å². The molecule has 136 valence electrons. The molecule has 2 aromatic carbocycles. The van der Waals surface area contributed by atoms with Crippen LogP contribution in [0.1, 0.15) is 18.1 Å². The van der Waals surface area contributed by atoms with Crippen molar-refractivity contribution in [1.29, 1.82) is 0 Å². The van der Waals surface area contributed by atoms with Gasteiger partial charge in [0.15, 0.2) is 11.5 Å². The molecule has 0 bridgehead atoms. The van der Waals surface area contributed by atoms with Crippen molar-refractivity contribution < 1.29 is 14.2 Å².